The Morgan fingerprint density at radius 3 is 2.90 bits per heavy atom. The molecule has 2 amide bonds. The summed E-state index contributed by atoms with van der Waals surface area (Å²) in [5, 5.41) is 11.5. The maximum absolute atomic E-state index is 12.3. The molecule has 3 rings (SSSR count). The molecule has 1 aliphatic heterocycles. The van der Waals surface area contributed by atoms with Gasteiger partial charge in [-0.1, -0.05) is 19.8 Å². The molecule has 0 radical (unpaired) electrons. The van der Waals surface area contributed by atoms with E-state index in [1.165, 1.54) is 25.7 Å². The van der Waals surface area contributed by atoms with Crippen LogP contribution in [0.5, 0.6) is 0 Å². The predicted octanol–water partition coefficient (Wildman–Crippen LogP) is 2.65. The van der Waals surface area contributed by atoms with Gasteiger partial charge in [-0.2, -0.15) is 0 Å². The minimum Gasteiger partial charge on any atom is -0.338 e. The van der Waals surface area contributed by atoms with E-state index in [-0.39, 0.29) is 12.1 Å². The number of carbonyl (C=O) groups excluding carboxylic acids is 1. The van der Waals surface area contributed by atoms with E-state index in [4.69, 9.17) is 0 Å². The fraction of sp³-hybridized carbons (Fsp3) is 0.800. The van der Waals surface area contributed by atoms with Gasteiger partial charge >= 0.3 is 6.03 Å². The maximum atomic E-state index is 12.3. The van der Waals surface area contributed by atoms with Gasteiger partial charge in [0.15, 0.2) is 5.82 Å². The fourth-order valence-electron chi connectivity index (χ4n) is 3.57. The van der Waals surface area contributed by atoms with Crippen molar-refractivity contribution in [1.82, 2.24) is 25.0 Å². The lowest BCUT2D eigenvalue weighted by atomic mass is 10.2. The van der Waals surface area contributed by atoms with Crippen LogP contribution in [-0.4, -0.2) is 38.8 Å². The van der Waals surface area contributed by atoms with Gasteiger partial charge in [0.25, 0.3) is 0 Å². The number of carbonyl (C=O) groups is 1. The van der Waals surface area contributed by atoms with Crippen LogP contribution in [0.1, 0.15) is 69.8 Å². The molecule has 6 nitrogen and oxygen atoms in total. The van der Waals surface area contributed by atoms with E-state index in [2.05, 4.69) is 27.0 Å². The van der Waals surface area contributed by atoms with E-state index in [1.807, 2.05) is 11.2 Å². The fourth-order valence-corrected chi connectivity index (χ4v) is 3.57. The van der Waals surface area contributed by atoms with Gasteiger partial charge in [0.1, 0.15) is 6.33 Å². The van der Waals surface area contributed by atoms with E-state index in [9.17, 15) is 4.79 Å². The first kappa shape index (κ1) is 14.4. The number of hydrogen-bond donors (Lipinski definition) is 1. The zero-order valence-corrected chi connectivity index (χ0v) is 12.8. The lowest BCUT2D eigenvalue weighted by Gasteiger charge is -2.26. The van der Waals surface area contributed by atoms with Crippen molar-refractivity contribution in [1.29, 1.82) is 0 Å². The van der Waals surface area contributed by atoms with E-state index in [1.54, 1.807) is 0 Å². The summed E-state index contributed by atoms with van der Waals surface area (Å²) in [5.74, 6) is 0.978. The third-order valence-electron chi connectivity index (χ3n) is 4.66. The first-order valence-electron chi connectivity index (χ1n) is 8.25. The van der Waals surface area contributed by atoms with E-state index in [0.717, 1.165) is 38.2 Å². The summed E-state index contributed by atoms with van der Waals surface area (Å²) < 4.78 is 2.23. The summed E-state index contributed by atoms with van der Waals surface area (Å²) in [4.78, 5) is 14.2. The molecule has 21 heavy (non-hydrogen) atoms. The Bertz CT molecular complexity index is 480. The Morgan fingerprint density at radius 1 is 1.33 bits per heavy atom. The van der Waals surface area contributed by atoms with Crippen molar-refractivity contribution in [3.63, 3.8) is 0 Å². The second-order valence-corrected chi connectivity index (χ2v) is 6.12. The summed E-state index contributed by atoms with van der Waals surface area (Å²) in [6.45, 7) is 3.62. The van der Waals surface area contributed by atoms with Crippen molar-refractivity contribution in [2.75, 3.05) is 13.1 Å². The standard InChI is InChI=1S/C15H25N5O/c1-2-9-16-15(21)19-10-5-8-13(19)14-18-17-11-20(14)12-6-3-4-7-12/h11-13H,2-10H2,1H3,(H,16,21). The normalized spacial score (nSPS) is 22.9. The van der Waals surface area contributed by atoms with Gasteiger partial charge in [0, 0.05) is 19.1 Å². The Hall–Kier alpha value is -1.59. The second-order valence-electron chi connectivity index (χ2n) is 6.12. The lowest BCUT2D eigenvalue weighted by molar-refractivity contribution is 0.189. The second kappa shape index (κ2) is 6.45. The van der Waals surface area contributed by atoms with Crippen LogP contribution >= 0.6 is 0 Å². The molecule has 6 heteroatoms. The van der Waals surface area contributed by atoms with Crippen molar-refractivity contribution in [3.8, 4) is 0 Å². The van der Waals surface area contributed by atoms with E-state index < -0.39 is 0 Å². The Balaban J connectivity index is 1.76. The Labute approximate surface area is 125 Å². The first-order chi connectivity index (χ1) is 10.3. The van der Waals surface area contributed by atoms with Gasteiger partial charge in [-0.15, -0.1) is 10.2 Å². The summed E-state index contributed by atoms with van der Waals surface area (Å²) in [5.41, 5.74) is 0. The molecule has 2 heterocycles. The Kier molecular flexibility index (Phi) is 4.41. The summed E-state index contributed by atoms with van der Waals surface area (Å²) in [6.07, 6.45) is 9.84. The minimum atomic E-state index is 0.0420. The molecule has 1 saturated heterocycles. The van der Waals surface area contributed by atoms with Gasteiger partial charge in [-0.3, -0.25) is 0 Å². The molecule has 1 saturated carbocycles. The number of hydrogen-bond acceptors (Lipinski definition) is 3. The highest BCUT2D eigenvalue weighted by molar-refractivity contribution is 5.74. The maximum Gasteiger partial charge on any atom is 0.318 e. The van der Waals surface area contributed by atoms with Crippen molar-refractivity contribution in [2.45, 2.75) is 64.0 Å². The molecule has 2 aliphatic rings. The summed E-state index contributed by atoms with van der Waals surface area (Å²) in [6, 6.07) is 0.654. The highest BCUT2D eigenvalue weighted by atomic mass is 16.2. The molecule has 0 aromatic carbocycles. The van der Waals surface area contributed by atoms with E-state index >= 15 is 0 Å². The molecule has 1 aromatic heterocycles. The molecular formula is C15H25N5O. The predicted molar refractivity (Wildman–Crippen MR) is 79.9 cm³/mol. The first-order valence-corrected chi connectivity index (χ1v) is 8.25. The molecule has 1 aliphatic carbocycles. The van der Waals surface area contributed by atoms with Crippen molar-refractivity contribution in [2.24, 2.45) is 0 Å². The minimum absolute atomic E-state index is 0.0420. The number of amides is 2. The third kappa shape index (κ3) is 2.89. The molecule has 0 spiro atoms. The quantitative estimate of drug-likeness (QED) is 0.927. The largest absolute Gasteiger partial charge is 0.338 e. The average Bonchev–Trinajstić information content (AvgIpc) is 3.23. The number of nitrogens with zero attached hydrogens (tertiary/aromatic N) is 4. The summed E-state index contributed by atoms with van der Waals surface area (Å²) in [7, 11) is 0. The van der Waals surface area contributed by atoms with Crippen molar-refractivity contribution >= 4 is 6.03 Å². The Morgan fingerprint density at radius 2 is 2.14 bits per heavy atom. The molecule has 0 bridgehead atoms. The van der Waals surface area contributed by atoms with Gasteiger partial charge in [-0.25, -0.2) is 4.79 Å². The van der Waals surface area contributed by atoms with Gasteiger partial charge in [-0.05, 0) is 32.1 Å². The number of aromatic nitrogens is 3. The van der Waals surface area contributed by atoms with Crippen LogP contribution in [0, 0.1) is 0 Å². The highest BCUT2D eigenvalue weighted by Gasteiger charge is 2.34. The molecule has 1 atom stereocenters. The number of rotatable bonds is 4. The zero-order chi connectivity index (χ0) is 14.7. The zero-order valence-electron chi connectivity index (χ0n) is 12.8. The number of urea groups is 1. The van der Waals surface area contributed by atoms with Gasteiger partial charge in [0.2, 0.25) is 0 Å². The van der Waals surface area contributed by atoms with Gasteiger partial charge in [0.05, 0.1) is 6.04 Å². The average molecular weight is 291 g/mol. The van der Waals surface area contributed by atoms with Crippen LogP contribution in [-0.2, 0) is 0 Å². The number of nitrogens with one attached hydrogen (secondary N) is 1. The number of likely N-dealkylation sites (tertiary alicyclic amines) is 1. The third-order valence-corrected chi connectivity index (χ3v) is 4.66. The SMILES string of the molecule is CCCNC(=O)N1CCCC1c1nncn1C1CCCC1. The lowest BCUT2D eigenvalue weighted by Crippen LogP contribution is -2.40. The molecule has 1 unspecified atom stereocenters. The summed E-state index contributed by atoms with van der Waals surface area (Å²) >= 11 is 0. The topological polar surface area (TPSA) is 63.1 Å². The van der Waals surface area contributed by atoms with Crippen LogP contribution in [0.3, 0.4) is 0 Å². The monoisotopic (exact) mass is 291 g/mol. The highest BCUT2D eigenvalue weighted by Crippen LogP contribution is 2.35. The van der Waals surface area contributed by atoms with Crippen LogP contribution in [0.4, 0.5) is 4.79 Å². The molecular weight excluding hydrogens is 266 g/mol. The molecule has 1 N–H and O–H groups in total. The van der Waals surface area contributed by atoms with Crippen molar-refractivity contribution < 1.29 is 4.79 Å². The molecule has 1 aromatic rings. The molecule has 116 valence electrons. The van der Waals surface area contributed by atoms with Crippen molar-refractivity contribution in [3.05, 3.63) is 12.2 Å². The van der Waals surface area contributed by atoms with Crippen LogP contribution < -0.4 is 5.32 Å². The van der Waals surface area contributed by atoms with Crippen LogP contribution in [0.15, 0.2) is 6.33 Å². The van der Waals surface area contributed by atoms with Gasteiger partial charge < -0.3 is 14.8 Å². The smallest absolute Gasteiger partial charge is 0.318 e. The van der Waals surface area contributed by atoms with E-state index in [0.29, 0.717) is 6.04 Å². The molecule has 2 fully saturated rings. The van der Waals surface area contributed by atoms with Crippen LogP contribution in [0.25, 0.3) is 0 Å². The van der Waals surface area contributed by atoms with Crippen LogP contribution in [0.2, 0.25) is 0 Å².